The molecule has 2 aliphatic rings. The number of nitrogens with zero attached hydrogens (tertiary/aromatic N) is 3. The predicted octanol–water partition coefficient (Wildman–Crippen LogP) is 2.69. The standard InChI is InChI=1S/C23H32N4O4S2/c1-2-31-21-6-5-20(15-22(21)33(29,30)27-8-3-4-9-27)24-23(28)17-26-12-10-25(11-13-26)16-19-7-14-32-18-19/h5-7,14-15,18H,2-4,8-13,16-17H2,1H3,(H,24,28). The van der Waals surface area contributed by atoms with Gasteiger partial charge < -0.3 is 10.1 Å². The average molecular weight is 493 g/mol. The molecule has 2 saturated heterocycles. The molecule has 0 atom stereocenters. The molecule has 0 unspecified atom stereocenters. The van der Waals surface area contributed by atoms with Crippen LogP contribution in [0.25, 0.3) is 0 Å². The second-order valence-electron chi connectivity index (χ2n) is 8.44. The molecule has 180 valence electrons. The Morgan fingerprint density at radius 1 is 1.06 bits per heavy atom. The van der Waals surface area contributed by atoms with E-state index in [0.717, 1.165) is 45.6 Å². The summed E-state index contributed by atoms with van der Waals surface area (Å²) < 4.78 is 33.4. The van der Waals surface area contributed by atoms with Crippen molar-refractivity contribution in [1.82, 2.24) is 14.1 Å². The number of carbonyl (C=O) groups is 1. The van der Waals surface area contributed by atoms with Crippen LogP contribution >= 0.6 is 11.3 Å². The molecule has 0 aliphatic carbocycles. The molecule has 2 aliphatic heterocycles. The van der Waals surface area contributed by atoms with Gasteiger partial charge in [-0.3, -0.25) is 14.6 Å². The lowest BCUT2D eigenvalue weighted by Gasteiger charge is -2.34. The van der Waals surface area contributed by atoms with Crippen LogP contribution in [0.4, 0.5) is 5.69 Å². The summed E-state index contributed by atoms with van der Waals surface area (Å²) in [5.41, 5.74) is 1.80. The van der Waals surface area contributed by atoms with E-state index in [9.17, 15) is 13.2 Å². The van der Waals surface area contributed by atoms with Gasteiger partial charge in [0.05, 0.1) is 13.2 Å². The van der Waals surface area contributed by atoms with E-state index < -0.39 is 10.0 Å². The third-order valence-corrected chi connectivity index (χ3v) is 8.68. The monoisotopic (exact) mass is 492 g/mol. The molecular weight excluding hydrogens is 460 g/mol. The summed E-state index contributed by atoms with van der Waals surface area (Å²) in [5, 5.41) is 7.15. The Bertz CT molecular complexity index is 1030. The number of hydrogen-bond acceptors (Lipinski definition) is 7. The number of piperazine rings is 1. The summed E-state index contributed by atoms with van der Waals surface area (Å²) in [6, 6.07) is 7.00. The summed E-state index contributed by atoms with van der Waals surface area (Å²) in [7, 11) is -3.66. The van der Waals surface area contributed by atoms with Gasteiger partial charge in [-0.2, -0.15) is 15.6 Å². The van der Waals surface area contributed by atoms with Crippen molar-refractivity contribution < 1.29 is 17.9 Å². The molecule has 1 aromatic heterocycles. The molecule has 1 aromatic carbocycles. The summed E-state index contributed by atoms with van der Waals surface area (Å²) >= 11 is 1.71. The predicted molar refractivity (Wildman–Crippen MR) is 130 cm³/mol. The molecule has 2 fully saturated rings. The van der Waals surface area contributed by atoms with Crippen LogP contribution in [0.15, 0.2) is 39.9 Å². The normalized spacial score (nSPS) is 18.5. The Morgan fingerprint density at radius 3 is 2.45 bits per heavy atom. The minimum Gasteiger partial charge on any atom is -0.492 e. The van der Waals surface area contributed by atoms with E-state index in [1.807, 2.05) is 6.92 Å². The van der Waals surface area contributed by atoms with Crippen LogP contribution in [0.3, 0.4) is 0 Å². The van der Waals surface area contributed by atoms with E-state index in [1.165, 1.54) is 15.9 Å². The highest BCUT2D eigenvalue weighted by Gasteiger charge is 2.30. The van der Waals surface area contributed by atoms with E-state index >= 15 is 0 Å². The highest BCUT2D eigenvalue weighted by molar-refractivity contribution is 7.89. The molecule has 1 N–H and O–H groups in total. The third kappa shape index (κ3) is 6.13. The summed E-state index contributed by atoms with van der Waals surface area (Å²) in [5.74, 6) is 0.180. The molecular formula is C23H32N4O4S2. The lowest BCUT2D eigenvalue weighted by molar-refractivity contribution is -0.117. The fourth-order valence-electron chi connectivity index (χ4n) is 4.28. The Kier molecular flexibility index (Phi) is 8.02. The summed E-state index contributed by atoms with van der Waals surface area (Å²) in [6.45, 7) is 7.96. The van der Waals surface area contributed by atoms with Gasteiger partial charge in [-0.1, -0.05) is 0 Å². The number of nitrogens with one attached hydrogen (secondary N) is 1. The lowest BCUT2D eigenvalue weighted by atomic mass is 10.2. The van der Waals surface area contributed by atoms with Crippen molar-refractivity contribution in [3.63, 3.8) is 0 Å². The zero-order chi connectivity index (χ0) is 23.3. The first-order valence-electron chi connectivity index (χ1n) is 11.5. The first kappa shape index (κ1) is 24.2. The van der Waals surface area contributed by atoms with Crippen LogP contribution in [0.5, 0.6) is 5.75 Å². The van der Waals surface area contributed by atoms with E-state index in [2.05, 4.69) is 31.9 Å². The molecule has 4 rings (SSSR count). The maximum atomic E-state index is 13.2. The Balaban J connectivity index is 1.36. The fourth-order valence-corrected chi connectivity index (χ4v) is 6.61. The number of benzene rings is 1. The van der Waals surface area contributed by atoms with Crippen LogP contribution in [-0.4, -0.2) is 80.9 Å². The van der Waals surface area contributed by atoms with Crippen LogP contribution < -0.4 is 10.1 Å². The summed E-state index contributed by atoms with van der Waals surface area (Å²) in [6.07, 6.45) is 1.72. The smallest absolute Gasteiger partial charge is 0.246 e. The number of amides is 1. The van der Waals surface area contributed by atoms with Gasteiger partial charge in [-0.15, -0.1) is 0 Å². The van der Waals surface area contributed by atoms with Gasteiger partial charge in [0.2, 0.25) is 15.9 Å². The Morgan fingerprint density at radius 2 is 1.79 bits per heavy atom. The maximum Gasteiger partial charge on any atom is 0.246 e. The number of sulfonamides is 1. The van der Waals surface area contributed by atoms with Gasteiger partial charge in [0.25, 0.3) is 0 Å². The lowest BCUT2D eigenvalue weighted by Crippen LogP contribution is -2.48. The minimum atomic E-state index is -3.66. The third-order valence-electron chi connectivity index (χ3n) is 6.03. The summed E-state index contributed by atoms with van der Waals surface area (Å²) in [4.78, 5) is 17.3. The van der Waals surface area contributed by atoms with Crippen LogP contribution in [0, 0.1) is 0 Å². The van der Waals surface area contributed by atoms with Crippen LogP contribution in [-0.2, 0) is 21.4 Å². The molecule has 10 heteroatoms. The fraction of sp³-hybridized carbons (Fsp3) is 0.522. The highest BCUT2D eigenvalue weighted by Crippen LogP contribution is 2.31. The van der Waals surface area contributed by atoms with Gasteiger partial charge in [-0.25, -0.2) is 8.42 Å². The molecule has 2 aromatic rings. The van der Waals surface area contributed by atoms with Crippen molar-refractivity contribution >= 4 is 33.0 Å². The average Bonchev–Trinajstić information content (AvgIpc) is 3.51. The molecule has 1 amide bonds. The van der Waals surface area contributed by atoms with Crippen molar-refractivity contribution in [2.75, 3.05) is 57.7 Å². The molecule has 3 heterocycles. The van der Waals surface area contributed by atoms with E-state index in [1.54, 1.807) is 23.5 Å². The van der Waals surface area contributed by atoms with Gasteiger partial charge in [0.15, 0.2) is 0 Å². The second kappa shape index (κ2) is 11.0. The largest absolute Gasteiger partial charge is 0.492 e. The van der Waals surface area contributed by atoms with Gasteiger partial charge in [0.1, 0.15) is 10.6 Å². The number of ether oxygens (including phenoxy) is 1. The Hall–Kier alpha value is -1.98. The van der Waals surface area contributed by atoms with Gasteiger partial charge in [-0.05, 0) is 60.4 Å². The zero-order valence-corrected chi connectivity index (χ0v) is 20.7. The van der Waals surface area contributed by atoms with Crippen LogP contribution in [0.2, 0.25) is 0 Å². The van der Waals surface area contributed by atoms with Gasteiger partial charge >= 0.3 is 0 Å². The van der Waals surface area contributed by atoms with E-state index in [4.69, 9.17) is 4.74 Å². The zero-order valence-electron chi connectivity index (χ0n) is 19.0. The van der Waals surface area contributed by atoms with E-state index in [0.29, 0.717) is 31.1 Å². The quantitative estimate of drug-likeness (QED) is 0.580. The van der Waals surface area contributed by atoms with Crippen molar-refractivity contribution in [2.24, 2.45) is 0 Å². The SMILES string of the molecule is CCOc1ccc(NC(=O)CN2CCN(Cc3ccsc3)CC2)cc1S(=O)(=O)N1CCCC1. The number of thiophene rings is 1. The van der Waals surface area contributed by atoms with Crippen molar-refractivity contribution in [3.05, 3.63) is 40.6 Å². The molecule has 0 bridgehead atoms. The van der Waals surface area contributed by atoms with Crippen molar-refractivity contribution in [2.45, 2.75) is 31.2 Å². The number of rotatable bonds is 9. The number of anilines is 1. The van der Waals surface area contributed by atoms with Crippen molar-refractivity contribution in [3.8, 4) is 5.75 Å². The first-order chi connectivity index (χ1) is 16.0. The van der Waals surface area contributed by atoms with E-state index in [-0.39, 0.29) is 17.3 Å². The second-order valence-corrected chi connectivity index (χ2v) is 11.1. The maximum absolute atomic E-state index is 13.2. The first-order valence-corrected chi connectivity index (χ1v) is 13.9. The number of carbonyl (C=O) groups excluding carboxylic acids is 1. The minimum absolute atomic E-state index is 0.117. The molecule has 0 spiro atoms. The van der Waals surface area contributed by atoms with Crippen molar-refractivity contribution in [1.29, 1.82) is 0 Å². The highest BCUT2D eigenvalue weighted by atomic mass is 32.2. The molecule has 0 radical (unpaired) electrons. The van der Waals surface area contributed by atoms with Crippen LogP contribution in [0.1, 0.15) is 25.3 Å². The van der Waals surface area contributed by atoms with Gasteiger partial charge in [0, 0.05) is 51.5 Å². The molecule has 0 saturated carbocycles. The number of hydrogen-bond donors (Lipinski definition) is 1. The Labute approximate surface area is 200 Å². The topological polar surface area (TPSA) is 82.2 Å². The molecule has 33 heavy (non-hydrogen) atoms. The molecule has 8 nitrogen and oxygen atoms in total.